The molecule has 200 valence electrons. The maximum absolute atomic E-state index is 13.7. The average molecular weight is 497 g/mol. The molecule has 0 aliphatic heterocycles. The number of nitrogen functional groups attached to an aromatic ring is 1. The summed E-state index contributed by atoms with van der Waals surface area (Å²) in [6.45, 7) is 12.2. The maximum atomic E-state index is 13.7. The van der Waals surface area contributed by atoms with E-state index in [1.807, 2.05) is 22.8 Å². The predicted molar refractivity (Wildman–Crippen MR) is 154 cm³/mol. The van der Waals surface area contributed by atoms with Gasteiger partial charge in [-0.1, -0.05) is 69.6 Å². The zero-order valence-corrected chi connectivity index (χ0v) is 23.3. The van der Waals surface area contributed by atoms with E-state index in [1.54, 1.807) is 0 Å². The number of nitrogens with two attached hydrogens (primary N) is 1. The normalized spacial score (nSPS) is 11.6. The molecule has 1 heterocycles. The largest absolute Gasteiger partial charge is 0.489 e. The van der Waals surface area contributed by atoms with Crippen molar-refractivity contribution < 1.29 is 9.47 Å². The monoisotopic (exact) mass is 496 g/mol. The summed E-state index contributed by atoms with van der Waals surface area (Å²) in [4.78, 5) is 13.7. The van der Waals surface area contributed by atoms with Crippen molar-refractivity contribution in [3.05, 3.63) is 51.9 Å². The first-order chi connectivity index (χ1) is 17.4. The summed E-state index contributed by atoms with van der Waals surface area (Å²) in [7, 11) is 0. The Labute approximate surface area is 218 Å². The summed E-state index contributed by atoms with van der Waals surface area (Å²) >= 11 is 0. The fraction of sp³-hybridized carbons (Fsp3) is 0.581. The van der Waals surface area contributed by atoms with Crippen LogP contribution in [0.2, 0.25) is 0 Å². The highest BCUT2D eigenvalue weighted by molar-refractivity contribution is 5.90. The molecule has 1 aromatic heterocycles. The van der Waals surface area contributed by atoms with Gasteiger partial charge in [0, 0.05) is 17.6 Å². The number of nitrogens with zero attached hydrogens (tertiary/aromatic N) is 1. The Morgan fingerprint density at radius 1 is 0.917 bits per heavy atom. The number of anilines is 1. The minimum absolute atomic E-state index is 0.135. The fourth-order valence-electron chi connectivity index (χ4n) is 4.23. The van der Waals surface area contributed by atoms with Crippen molar-refractivity contribution in [2.75, 3.05) is 18.9 Å². The SMILES string of the molecule is CCCCCCCCn1c(=O)c(OCC=C(C)CCC=C(C)C)c(OCCCC)c2ccc(N)cc21. The number of fused-ring (bicyclic) bond motifs is 1. The van der Waals surface area contributed by atoms with Crippen LogP contribution in [-0.2, 0) is 6.54 Å². The number of hydrogen-bond acceptors (Lipinski definition) is 4. The van der Waals surface area contributed by atoms with Gasteiger partial charge in [-0.15, -0.1) is 0 Å². The predicted octanol–water partition coefficient (Wildman–Crippen LogP) is 8.19. The lowest BCUT2D eigenvalue weighted by atomic mass is 10.1. The van der Waals surface area contributed by atoms with Crippen molar-refractivity contribution in [2.24, 2.45) is 0 Å². The minimum atomic E-state index is -0.135. The summed E-state index contributed by atoms with van der Waals surface area (Å²) in [6, 6.07) is 5.71. The molecule has 2 N–H and O–H groups in total. The Balaban J connectivity index is 2.35. The van der Waals surface area contributed by atoms with Crippen LogP contribution in [0.25, 0.3) is 10.9 Å². The van der Waals surface area contributed by atoms with Crippen LogP contribution in [0, 0.1) is 0 Å². The number of aromatic nitrogens is 1. The molecule has 0 radical (unpaired) electrons. The average Bonchev–Trinajstić information content (AvgIpc) is 2.84. The number of hydrogen-bond donors (Lipinski definition) is 1. The van der Waals surface area contributed by atoms with E-state index in [2.05, 4.69) is 46.8 Å². The van der Waals surface area contributed by atoms with Gasteiger partial charge in [0.05, 0.1) is 12.1 Å². The molecule has 0 aliphatic carbocycles. The van der Waals surface area contributed by atoms with Crippen molar-refractivity contribution in [1.29, 1.82) is 0 Å². The maximum Gasteiger partial charge on any atom is 0.297 e. The van der Waals surface area contributed by atoms with Crippen LogP contribution in [0.5, 0.6) is 11.5 Å². The van der Waals surface area contributed by atoms with Crippen molar-refractivity contribution in [3.63, 3.8) is 0 Å². The molecule has 5 heteroatoms. The molecule has 0 unspecified atom stereocenters. The van der Waals surface area contributed by atoms with Gasteiger partial charge in [0.2, 0.25) is 5.75 Å². The lowest BCUT2D eigenvalue weighted by Crippen LogP contribution is -2.24. The van der Waals surface area contributed by atoms with Crippen LogP contribution in [0.15, 0.2) is 46.3 Å². The third kappa shape index (κ3) is 9.40. The quantitative estimate of drug-likeness (QED) is 0.136. The van der Waals surface area contributed by atoms with E-state index in [-0.39, 0.29) is 5.56 Å². The number of allylic oxidation sites excluding steroid dienone is 3. The van der Waals surface area contributed by atoms with Gasteiger partial charge in [-0.05, 0) is 70.7 Å². The Morgan fingerprint density at radius 2 is 1.64 bits per heavy atom. The summed E-state index contributed by atoms with van der Waals surface area (Å²) in [5.41, 5.74) is 10.0. The van der Waals surface area contributed by atoms with Crippen molar-refractivity contribution in [2.45, 2.75) is 105 Å². The molecule has 2 aromatic rings. The minimum Gasteiger partial charge on any atom is -0.489 e. The van der Waals surface area contributed by atoms with Gasteiger partial charge in [0.25, 0.3) is 5.56 Å². The standard InChI is InChI=1S/C31H48N2O3/c1-6-8-10-11-12-13-20-33-28-23-26(32)17-18-27(28)29(35-21-9-7-2)30(31(33)34)36-22-19-25(5)16-14-15-24(3)4/h15,17-19,23H,6-14,16,20-22,32H2,1-5H3. The van der Waals surface area contributed by atoms with Gasteiger partial charge in [0.1, 0.15) is 6.61 Å². The summed E-state index contributed by atoms with van der Waals surface area (Å²) in [6.07, 6.45) is 15.2. The van der Waals surface area contributed by atoms with Gasteiger partial charge in [-0.3, -0.25) is 4.79 Å². The van der Waals surface area contributed by atoms with E-state index in [4.69, 9.17) is 15.2 Å². The molecule has 0 saturated heterocycles. The highest BCUT2D eigenvalue weighted by atomic mass is 16.5. The van der Waals surface area contributed by atoms with E-state index in [0.29, 0.717) is 36.9 Å². The zero-order chi connectivity index (χ0) is 26.3. The number of benzene rings is 1. The van der Waals surface area contributed by atoms with Crippen LogP contribution in [0.4, 0.5) is 5.69 Å². The Kier molecular flexibility index (Phi) is 13.2. The molecular formula is C31H48N2O3. The molecule has 0 bridgehead atoms. The van der Waals surface area contributed by atoms with Crippen molar-refractivity contribution in [1.82, 2.24) is 4.57 Å². The fourth-order valence-corrected chi connectivity index (χ4v) is 4.23. The van der Waals surface area contributed by atoms with Crippen molar-refractivity contribution in [3.8, 4) is 11.5 Å². The topological polar surface area (TPSA) is 66.5 Å². The summed E-state index contributed by atoms with van der Waals surface area (Å²) in [5.74, 6) is 0.848. The van der Waals surface area contributed by atoms with E-state index < -0.39 is 0 Å². The molecule has 0 saturated carbocycles. The Morgan fingerprint density at radius 3 is 2.36 bits per heavy atom. The number of aryl methyl sites for hydroxylation is 1. The lowest BCUT2D eigenvalue weighted by molar-refractivity contribution is 0.278. The van der Waals surface area contributed by atoms with Crippen LogP contribution in [0.3, 0.4) is 0 Å². The molecule has 5 nitrogen and oxygen atoms in total. The zero-order valence-electron chi connectivity index (χ0n) is 23.3. The molecule has 0 atom stereocenters. The third-order valence-corrected chi connectivity index (χ3v) is 6.43. The van der Waals surface area contributed by atoms with E-state index in [0.717, 1.165) is 49.4 Å². The first-order valence-corrected chi connectivity index (χ1v) is 13.9. The third-order valence-electron chi connectivity index (χ3n) is 6.43. The Bertz CT molecular complexity index is 1060. The molecule has 0 aliphatic rings. The van der Waals surface area contributed by atoms with Gasteiger partial charge in [-0.25, -0.2) is 0 Å². The first kappa shape index (κ1) is 29.5. The second kappa shape index (κ2) is 16.1. The first-order valence-electron chi connectivity index (χ1n) is 13.9. The second-order valence-corrected chi connectivity index (χ2v) is 10.0. The van der Waals surface area contributed by atoms with E-state index in [9.17, 15) is 4.79 Å². The molecular weight excluding hydrogens is 448 g/mol. The molecule has 1 aromatic carbocycles. The molecule has 2 rings (SSSR count). The van der Waals surface area contributed by atoms with Crippen molar-refractivity contribution >= 4 is 16.6 Å². The number of ether oxygens (including phenoxy) is 2. The van der Waals surface area contributed by atoms with Gasteiger partial charge >= 0.3 is 0 Å². The number of rotatable bonds is 17. The lowest BCUT2D eigenvalue weighted by Gasteiger charge is -2.19. The second-order valence-electron chi connectivity index (χ2n) is 10.0. The van der Waals surface area contributed by atoms with Crippen LogP contribution < -0.4 is 20.8 Å². The van der Waals surface area contributed by atoms with Gasteiger partial charge in [-0.2, -0.15) is 0 Å². The highest BCUT2D eigenvalue weighted by Crippen LogP contribution is 2.34. The number of unbranched alkanes of at least 4 members (excludes halogenated alkanes) is 6. The molecule has 0 amide bonds. The molecule has 36 heavy (non-hydrogen) atoms. The summed E-state index contributed by atoms with van der Waals surface area (Å²) in [5, 5.41) is 0.880. The van der Waals surface area contributed by atoms with Gasteiger partial charge < -0.3 is 19.8 Å². The van der Waals surface area contributed by atoms with Crippen LogP contribution in [0.1, 0.15) is 98.8 Å². The van der Waals surface area contributed by atoms with Gasteiger partial charge in [0.15, 0.2) is 5.75 Å². The van der Waals surface area contributed by atoms with E-state index >= 15 is 0 Å². The van der Waals surface area contributed by atoms with E-state index in [1.165, 1.54) is 36.8 Å². The number of pyridine rings is 1. The van der Waals surface area contributed by atoms with Crippen LogP contribution >= 0.6 is 0 Å². The molecule has 0 fully saturated rings. The smallest absolute Gasteiger partial charge is 0.297 e. The Hall–Kier alpha value is -2.69. The highest BCUT2D eigenvalue weighted by Gasteiger charge is 2.20. The summed E-state index contributed by atoms with van der Waals surface area (Å²) < 4.78 is 14.2. The molecule has 0 spiro atoms. The van der Waals surface area contributed by atoms with Crippen LogP contribution in [-0.4, -0.2) is 17.8 Å².